The first kappa shape index (κ1) is 10.6. The normalized spacial score (nSPS) is 13.3. The van der Waals surface area contributed by atoms with Gasteiger partial charge in [-0.15, -0.1) is 0 Å². The molecule has 1 atom stereocenters. The monoisotopic (exact) mass is 270 g/mol. The van der Waals surface area contributed by atoms with Crippen molar-refractivity contribution in [3.05, 3.63) is 34.6 Å². The van der Waals surface area contributed by atoms with E-state index in [4.69, 9.17) is 4.74 Å². The van der Waals surface area contributed by atoms with E-state index in [0.29, 0.717) is 12.2 Å². The van der Waals surface area contributed by atoms with E-state index in [1.807, 2.05) is 25.3 Å². The number of pyridine rings is 1. The quantitative estimate of drug-likeness (QED) is 0.870. The molecule has 5 heteroatoms. The van der Waals surface area contributed by atoms with Crippen LogP contribution in [0, 0.1) is 0 Å². The number of hydrogen-bond acceptors (Lipinski definition) is 3. The van der Waals surface area contributed by atoms with Gasteiger partial charge in [0.05, 0.1) is 17.3 Å². The summed E-state index contributed by atoms with van der Waals surface area (Å²) >= 11 is 3.38. The highest BCUT2D eigenvalue weighted by atomic mass is 79.9. The average molecular weight is 271 g/mol. The maximum absolute atomic E-state index is 9.71. The molecule has 1 N–H and O–H groups in total. The molecule has 0 aliphatic rings. The molecule has 0 saturated heterocycles. The molecule has 0 bridgehead atoms. The summed E-state index contributed by atoms with van der Waals surface area (Å²) in [5, 5.41) is 13.8. The number of aliphatic hydroxyl groups is 1. The lowest BCUT2D eigenvalue weighted by atomic mass is 10.2. The second kappa shape index (κ2) is 4.30. The molecule has 2 heterocycles. The smallest absolute Gasteiger partial charge is 0.184 e. The first-order valence-corrected chi connectivity index (χ1v) is 5.44. The Kier molecular flexibility index (Phi) is 3.04. The van der Waals surface area contributed by atoms with Crippen LogP contribution in [0.1, 0.15) is 18.8 Å². The van der Waals surface area contributed by atoms with E-state index < -0.39 is 6.29 Å². The van der Waals surface area contributed by atoms with Gasteiger partial charge in [0.15, 0.2) is 6.29 Å². The Morgan fingerprint density at radius 1 is 1.67 bits per heavy atom. The van der Waals surface area contributed by atoms with Crippen molar-refractivity contribution in [3.8, 4) is 0 Å². The predicted octanol–water partition coefficient (Wildman–Crippen LogP) is 2.12. The molecule has 0 aromatic carbocycles. The van der Waals surface area contributed by atoms with Crippen LogP contribution in [-0.2, 0) is 4.74 Å². The largest absolute Gasteiger partial charge is 0.364 e. The number of aliphatic hydroxyl groups excluding tert-OH is 1. The van der Waals surface area contributed by atoms with Crippen LogP contribution in [0.25, 0.3) is 5.52 Å². The summed E-state index contributed by atoms with van der Waals surface area (Å²) in [5.41, 5.74) is 1.52. The number of halogens is 1. The minimum atomic E-state index is -0.915. The fourth-order valence-corrected chi connectivity index (χ4v) is 1.75. The van der Waals surface area contributed by atoms with Crippen molar-refractivity contribution in [1.82, 2.24) is 9.61 Å². The number of hydrogen-bond donors (Lipinski definition) is 1. The third-order valence-corrected chi connectivity index (χ3v) is 2.60. The van der Waals surface area contributed by atoms with Crippen LogP contribution in [-0.4, -0.2) is 21.3 Å². The fourth-order valence-electron chi connectivity index (χ4n) is 1.41. The number of fused-ring (bicyclic) bond motifs is 1. The van der Waals surface area contributed by atoms with Gasteiger partial charge in [0.2, 0.25) is 0 Å². The van der Waals surface area contributed by atoms with Gasteiger partial charge in [-0.2, -0.15) is 5.10 Å². The van der Waals surface area contributed by atoms with Gasteiger partial charge in [-0.1, -0.05) is 15.9 Å². The van der Waals surface area contributed by atoms with E-state index in [0.717, 1.165) is 9.99 Å². The van der Waals surface area contributed by atoms with Gasteiger partial charge < -0.3 is 9.84 Å². The highest BCUT2D eigenvalue weighted by Gasteiger charge is 2.13. The zero-order valence-corrected chi connectivity index (χ0v) is 9.81. The minimum absolute atomic E-state index is 0.465. The maximum atomic E-state index is 9.71. The van der Waals surface area contributed by atoms with Gasteiger partial charge in [-0.25, -0.2) is 4.52 Å². The minimum Gasteiger partial charge on any atom is -0.364 e. The lowest BCUT2D eigenvalue weighted by molar-refractivity contribution is -0.0970. The van der Waals surface area contributed by atoms with E-state index in [9.17, 15) is 5.11 Å². The molecule has 15 heavy (non-hydrogen) atoms. The van der Waals surface area contributed by atoms with Crippen molar-refractivity contribution in [2.24, 2.45) is 0 Å². The van der Waals surface area contributed by atoms with Crippen molar-refractivity contribution in [2.45, 2.75) is 13.2 Å². The lowest BCUT2D eigenvalue weighted by Gasteiger charge is -2.08. The second-order valence-corrected chi connectivity index (χ2v) is 4.00. The van der Waals surface area contributed by atoms with Crippen LogP contribution in [0.5, 0.6) is 0 Å². The number of rotatable bonds is 3. The van der Waals surface area contributed by atoms with Gasteiger partial charge in [0.25, 0.3) is 0 Å². The maximum Gasteiger partial charge on any atom is 0.184 e. The molecule has 0 radical (unpaired) electrons. The third kappa shape index (κ3) is 2.04. The molecule has 0 aliphatic heterocycles. The highest BCUT2D eigenvalue weighted by molar-refractivity contribution is 9.10. The third-order valence-electron chi connectivity index (χ3n) is 2.10. The van der Waals surface area contributed by atoms with E-state index in [1.165, 1.54) is 0 Å². The number of ether oxygens (including phenoxy) is 1. The van der Waals surface area contributed by atoms with E-state index >= 15 is 0 Å². The fraction of sp³-hybridized carbons (Fsp3) is 0.300. The SMILES string of the molecule is CCO[C@@H](O)c1cnn2ccc(Br)cc12. The summed E-state index contributed by atoms with van der Waals surface area (Å²) in [5.74, 6) is 0. The first-order chi connectivity index (χ1) is 7.22. The summed E-state index contributed by atoms with van der Waals surface area (Å²) in [6, 6.07) is 3.78. The zero-order valence-electron chi connectivity index (χ0n) is 8.22. The van der Waals surface area contributed by atoms with Gasteiger partial charge >= 0.3 is 0 Å². The average Bonchev–Trinajstić information content (AvgIpc) is 2.60. The van der Waals surface area contributed by atoms with Gasteiger partial charge in [-0.3, -0.25) is 0 Å². The van der Waals surface area contributed by atoms with E-state index in [1.54, 1.807) is 10.7 Å². The summed E-state index contributed by atoms with van der Waals surface area (Å²) in [6.45, 7) is 2.30. The lowest BCUT2D eigenvalue weighted by Crippen LogP contribution is -2.02. The molecule has 2 aromatic heterocycles. The van der Waals surface area contributed by atoms with Gasteiger partial charge in [-0.05, 0) is 19.1 Å². The molecular weight excluding hydrogens is 260 g/mol. The summed E-state index contributed by atoms with van der Waals surface area (Å²) in [6.07, 6.45) is 2.52. The molecule has 0 fully saturated rings. The molecule has 0 amide bonds. The zero-order chi connectivity index (χ0) is 10.8. The number of aromatic nitrogens is 2. The first-order valence-electron chi connectivity index (χ1n) is 4.65. The van der Waals surface area contributed by atoms with Crippen molar-refractivity contribution in [1.29, 1.82) is 0 Å². The van der Waals surface area contributed by atoms with Crippen LogP contribution in [0.15, 0.2) is 29.0 Å². The van der Waals surface area contributed by atoms with Crippen LogP contribution in [0.3, 0.4) is 0 Å². The molecule has 2 rings (SSSR count). The van der Waals surface area contributed by atoms with Gasteiger partial charge in [0.1, 0.15) is 0 Å². The van der Waals surface area contributed by atoms with Crippen LogP contribution in [0.2, 0.25) is 0 Å². The number of nitrogens with zero attached hydrogens (tertiary/aromatic N) is 2. The van der Waals surface area contributed by atoms with Crippen molar-refractivity contribution in [3.63, 3.8) is 0 Å². The van der Waals surface area contributed by atoms with Gasteiger partial charge in [0, 0.05) is 17.3 Å². The van der Waals surface area contributed by atoms with E-state index in [2.05, 4.69) is 21.0 Å². The summed E-state index contributed by atoms with van der Waals surface area (Å²) < 4.78 is 7.76. The molecule has 80 valence electrons. The Morgan fingerprint density at radius 3 is 3.20 bits per heavy atom. The Bertz CT molecular complexity index is 469. The van der Waals surface area contributed by atoms with Crippen LogP contribution >= 0.6 is 15.9 Å². The Labute approximate surface area is 95.6 Å². The van der Waals surface area contributed by atoms with E-state index in [-0.39, 0.29) is 0 Å². The van der Waals surface area contributed by atoms with Crippen LogP contribution < -0.4 is 0 Å². The second-order valence-electron chi connectivity index (χ2n) is 3.08. The molecule has 4 nitrogen and oxygen atoms in total. The summed E-state index contributed by atoms with van der Waals surface area (Å²) in [7, 11) is 0. The van der Waals surface area contributed by atoms with Crippen LogP contribution in [0.4, 0.5) is 0 Å². The Balaban J connectivity index is 2.47. The molecule has 0 unspecified atom stereocenters. The summed E-state index contributed by atoms with van der Waals surface area (Å²) in [4.78, 5) is 0. The highest BCUT2D eigenvalue weighted by Crippen LogP contribution is 2.22. The topological polar surface area (TPSA) is 46.8 Å². The standard InChI is InChI=1S/C10H11BrN2O2/c1-2-15-10(14)8-6-12-13-4-3-7(11)5-9(8)13/h3-6,10,14H,2H2,1H3/t10-/m1/s1. The van der Waals surface area contributed by atoms with Crippen molar-refractivity contribution >= 4 is 21.4 Å². The molecule has 2 aromatic rings. The Morgan fingerprint density at radius 2 is 2.47 bits per heavy atom. The van der Waals surface area contributed by atoms with Crippen molar-refractivity contribution < 1.29 is 9.84 Å². The van der Waals surface area contributed by atoms with Crippen molar-refractivity contribution in [2.75, 3.05) is 6.61 Å². The predicted molar refractivity (Wildman–Crippen MR) is 59.5 cm³/mol. The molecule has 0 aliphatic carbocycles. The molecule has 0 spiro atoms. The Hall–Kier alpha value is -0.910. The molecule has 0 saturated carbocycles. The molecular formula is C10H11BrN2O2.